The fraction of sp³-hybridized carbons (Fsp3) is 0.846. The van der Waals surface area contributed by atoms with Crippen LogP contribution in [-0.4, -0.2) is 62.3 Å². The molecule has 0 aliphatic carbocycles. The maximum atomic E-state index is 11.8. The van der Waals surface area contributed by atoms with E-state index in [-0.39, 0.29) is 24.0 Å². The molecule has 0 bridgehead atoms. The second-order valence-corrected chi connectivity index (χ2v) is 4.95. The first kappa shape index (κ1) is 15.9. The lowest BCUT2D eigenvalue weighted by Crippen LogP contribution is -2.51. The molecule has 6 nitrogen and oxygen atoms in total. The van der Waals surface area contributed by atoms with E-state index in [1.165, 1.54) is 7.11 Å². The summed E-state index contributed by atoms with van der Waals surface area (Å²) >= 11 is 0. The zero-order chi connectivity index (χ0) is 14.3. The van der Waals surface area contributed by atoms with Gasteiger partial charge in [0.15, 0.2) is 0 Å². The van der Waals surface area contributed by atoms with Gasteiger partial charge in [-0.15, -0.1) is 0 Å². The molecule has 1 aliphatic heterocycles. The summed E-state index contributed by atoms with van der Waals surface area (Å²) < 4.78 is 10.0. The van der Waals surface area contributed by atoms with Gasteiger partial charge < -0.3 is 14.8 Å². The molecule has 0 aromatic carbocycles. The summed E-state index contributed by atoms with van der Waals surface area (Å²) in [7, 11) is 1.36. The third-order valence-electron chi connectivity index (χ3n) is 3.19. The van der Waals surface area contributed by atoms with Gasteiger partial charge in [0.05, 0.1) is 26.4 Å². The van der Waals surface area contributed by atoms with Gasteiger partial charge in [-0.05, 0) is 20.3 Å². The summed E-state index contributed by atoms with van der Waals surface area (Å²) in [6.45, 7) is 6.38. The summed E-state index contributed by atoms with van der Waals surface area (Å²) in [5.41, 5.74) is 0. The number of nitrogens with zero attached hydrogens (tertiary/aromatic N) is 1. The van der Waals surface area contributed by atoms with Crippen molar-refractivity contribution in [1.29, 1.82) is 0 Å². The van der Waals surface area contributed by atoms with Crippen LogP contribution in [0.2, 0.25) is 0 Å². The predicted octanol–water partition coefficient (Wildman–Crippen LogP) is 0.165. The van der Waals surface area contributed by atoms with Gasteiger partial charge in [-0.1, -0.05) is 0 Å². The van der Waals surface area contributed by atoms with Gasteiger partial charge in [0.1, 0.15) is 0 Å². The Morgan fingerprint density at radius 1 is 1.42 bits per heavy atom. The second kappa shape index (κ2) is 8.12. The van der Waals surface area contributed by atoms with Crippen LogP contribution >= 0.6 is 0 Å². The van der Waals surface area contributed by atoms with Gasteiger partial charge in [-0.3, -0.25) is 14.5 Å². The normalized spacial score (nSPS) is 23.9. The molecule has 2 unspecified atom stereocenters. The predicted molar refractivity (Wildman–Crippen MR) is 70.7 cm³/mol. The Bertz CT molecular complexity index is 309. The maximum Gasteiger partial charge on any atom is 0.305 e. The number of carbonyl (C=O) groups is 2. The number of methoxy groups -OCH3 is 1. The quantitative estimate of drug-likeness (QED) is 0.551. The number of ether oxygens (including phenoxy) is 2. The fourth-order valence-electron chi connectivity index (χ4n) is 2.00. The van der Waals surface area contributed by atoms with Crippen molar-refractivity contribution in [2.75, 3.05) is 33.4 Å². The number of hydrogen-bond acceptors (Lipinski definition) is 5. The highest BCUT2D eigenvalue weighted by Gasteiger charge is 2.24. The first-order valence-corrected chi connectivity index (χ1v) is 6.72. The van der Waals surface area contributed by atoms with Crippen molar-refractivity contribution in [2.24, 2.45) is 0 Å². The van der Waals surface area contributed by atoms with Crippen LogP contribution in [0.1, 0.15) is 26.7 Å². The molecule has 19 heavy (non-hydrogen) atoms. The largest absolute Gasteiger partial charge is 0.469 e. The highest BCUT2D eigenvalue weighted by molar-refractivity contribution is 5.78. The maximum absolute atomic E-state index is 11.8. The third kappa shape index (κ3) is 6.02. The topological polar surface area (TPSA) is 67.9 Å². The Morgan fingerprint density at radius 3 is 2.84 bits per heavy atom. The molecule has 2 atom stereocenters. The molecule has 0 radical (unpaired) electrons. The number of amides is 1. The molecule has 6 heteroatoms. The van der Waals surface area contributed by atoms with Crippen molar-refractivity contribution in [1.82, 2.24) is 10.2 Å². The van der Waals surface area contributed by atoms with E-state index in [0.717, 1.165) is 6.54 Å². The van der Waals surface area contributed by atoms with Gasteiger partial charge in [0.2, 0.25) is 5.91 Å². The lowest BCUT2D eigenvalue weighted by Gasteiger charge is -2.36. The highest BCUT2D eigenvalue weighted by Crippen LogP contribution is 2.10. The van der Waals surface area contributed by atoms with Crippen LogP contribution in [0.4, 0.5) is 0 Å². The van der Waals surface area contributed by atoms with E-state index in [4.69, 9.17) is 4.74 Å². The van der Waals surface area contributed by atoms with Crippen molar-refractivity contribution in [3.8, 4) is 0 Å². The smallest absolute Gasteiger partial charge is 0.305 e. The van der Waals surface area contributed by atoms with Gasteiger partial charge in [-0.2, -0.15) is 0 Å². The lowest BCUT2D eigenvalue weighted by atomic mass is 10.2. The Balaban J connectivity index is 2.17. The summed E-state index contributed by atoms with van der Waals surface area (Å²) in [5, 5.41) is 2.82. The van der Waals surface area contributed by atoms with Gasteiger partial charge in [0, 0.05) is 25.6 Å². The molecule has 1 fully saturated rings. The lowest BCUT2D eigenvalue weighted by molar-refractivity contribution is -0.140. The Morgan fingerprint density at radius 2 is 2.16 bits per heavy atom. The van der Waals surface area contributed by atoms with Crippen molar-refractivity contribution < 1.29 is 19.1 Å². The molecular formula is C13H24N2O4. The fourth-order valence-corrected chi connectivity index (χ4v) is 2.00. The average Bonchev–Trinajstić information content (AvgIpc) is 2.38. The van der Waals surface area contributed by atoms with Crippen molar-refractivity contribution in [2.45, 2.75) is 38.8 Å². The number of nitrogens with one attached hydrogen (secondary N) is 1. The molecule has 1 aliphatic rings. The molecule has 110 valence electrons. The first-order valence-electron chi connectivity index (χ1n) is 6.72. The molecule has 1 saturated heterocycles. The van der Waals surface area contributed by atoms with E-state index < -0.39 is 0 Å². The number of morpholine rings is 1. The highest BCUT2D eigenvalue weighted by atomic mass is 16.5. The molecule has 1 rings (SSSR count). The van der Waals surface area contributed by atoms with Crippen LogP contribution in [0.3, 0.4) is 0 Å². The second-order valence-electron chi connectivity index (χ2n) is 4.95. The van der Waals surface area contributed by atoms with E-state index in [1.807, 2.05) is 6.92 Å². The molecule has 1 heterocycles. The van der Waals surface area contributed by atoms with Crippen LogP contribution in [0.15, 0.2) is 0 Å². The Hall–Kier alpha value is -1.14. The summed E-state index contributed by atoms with van der Waals surface area (Å²) in [4.78, 5) is 24.8. The number of esters is 1. The van der Waals surface area contributed by atoms with E-state index in [0.29, 0.717) is 32.5 Å². The van der Waals surface area contributed by atoms with Crippen LogP contribution in [-0.2, 0) is 19.1 Å². The van der Waals surface area contributed by atoms with Gasteiger partial charge in [0.25, 0.3) is 0 Å². The zero-order valence-electron chi connectivity index (χ0n) is 12.0. The van der Waals surface area contributed by atoms with E-state index in [9.17, 15) is 9.59 Å². The van der Waals surface area contributed by atoms with Crippen molar-refractivity contribution in [3.63, 3.8) is 0 Å². The number of carbonyl (C=O) groups excluding carboxylic acids is 2. The molecule has 0 aromatic rings. The minimum absolute atomic E-state index is 0.00850. The van der Waals surface area contributed by atoms with Gasteiger partial charge in [-0.25, -0.2) is 0 Å². The molecular weight excluding hydrogens is 248 g/mol. The van der Waals surface area contributed by atoms with E-state index >= 15 is 0 Å². The summed E-state index contributed by atoms with van der Waals surface area (Å²) in [5.74, 6) is -0.254. The monoisotopic (exact) mass is 272 g/mol. The number of rotatable bonds is 6. The SMILES string of the molecule is COC(=O)CCCNC(=O)CN1CC(C)OCC1C. The average molecular weight is 272 g/mol. The molecule has 0 aromatic heterocycles. The van der Waals surface area contributed by atoms with Crippen molar-refractivity contribution in [3.05, 3.63) is 0 Å². The molecule has 0 spiro atoms. The van der Waals surface area contributed by atoms with Crippen LogP contribution in [0.25, 0.3) is 0 Å². The summed E-state index contributed by atoms with van der Waals surface area (Å²) in [6, 6.07) is 0.261. The summed E-state index contributed by atoms with van der Waals surface area (Å²) in [6.07, 6.45) is 1.11. The standard InChI is InChI=1S/C13H24N2O4/c1-10-9-19-11(2)7-15(10)8-12(16)14-6-4-5-13(17)18-3/h10-11H,4-9H2,1-3H3,(H,14,16). The Labute approximate surface area is 114 Å². The number of hydrogen-bond donors (Lipinski definition) is 1. The van der Waals surface area contributed by atoms with E-state index in [1.54, 1.807) is 0 Å². The van der Waals surface area contributed by atoms with Gasteiger partial charge >= 0.3 is 5.97 Å². The zero-order valence-corrected chi connectivity index (χ0v) is 12.0. The van der Waals surface area contributed by atoms with Crippen molar-refractivity contribution >= 4 is 11.9 Å². The van der Waals surface area contributed by atoms with E-state index in [2.05, 4.69) is 21.9 Å². The third-order valence-corrected chi connectivity index (χ3v) is 3.19. The van der Waals surface area contributed by atoms with Crippen LogP contribution in [0, 0.1) is 0 Å². The molecule has 1 amide bonds. The van der Waals surface area contributed by atoms with Crippen LogP contribution < -0.4 is 5.32 Å². The first-order chi connectivity index (χ1) is 9.02. The Kier molecular flexibility index (Phi) is 6.80. The molecule has 1 N–H and O–H groups in total. The minimum Gasteiger partial charge on any atom is -0.469 e. The minimum atomic E-state index is -0.245. The van der Waals surface area contributed by atoms with Crippen LogP contribution in [0.5, 0.6) is 0 Å². The molecule has 0 saturated carbocycles.